The molecule has 138 valence electrons. The smallest absolute Gasteiger partial charge is 0.273 e. The van der Waals surface area contributed by atoms with Crippen LogP contribution in [-0.2, 0) is 12.3 Å². The number of hydrogen-bond acceptors (Lipinski definition) is 5. The minimum atomic E-state index is -0.173. The van der Waals surface area contributed by atoms with Crippen molar-refractivity contribution in [2.24, 2.45) is 0 Å². The Kier molecular flexibility index (Phi) is 5.27. The molecule has 0 fully saturated rings. The molecule has 0 radical (unpaired) electrons. The van der Waals surface area contributed by atoms with E-state index in [1.165, 1.54) is 5.56 Å². The molecule has 2 aromatic carbocycles. The van der Waals surface area contributed by atoms with Crippen LogP contribution in [0.15, 0.2) is 64.0 Å². The van der Waals surface area contributed by atoms with Crippen molar-refractivity contribution in [3.05, 3.63) is 71.4 Å². The molecule has 1 aromatic heterocycles. The van der Waals surface area contributed by atoms with Crippen LogP contribution >= 0.6 is 11.8 Å². The Morgan fingerprint density at radius 1 is 1.19 bits per heavy atom. The predicted octanol–water partition coefficient (Wildman–Crippen LogP) is 3.81. The molecule has 0 aliphatic carbocycles. The van der Waals surface area contributed by atoms with E-state index < -0.39 is 0 Å². The third-order valence-electron chi connectivity index (χ3n) is 4.58. The average Bonchev–Trinajstić information content (AvgIpc) is 3.13. The maximum atomic E-state index is 12.6. The first-order valence-electron chi connectivity index (χ1n) is 8.94. The van der Waals surface area contributed by atoms with E-state index in [1.807, 2.05) is 43.4 Å². The molecule has 3 aromatic rings. The average molecular weight is 379 g/mol. The lowest BCUT2D eigenvalue weighted by Crippen LogP contribution is -2.33. The van der Waals surface area contributed by atoms with E-state index >= 15 is 0 Å². The first kappa shape index (κ1) is 17.8. The topological polar surface area (TPSA) is 58.4 Å². The third kappa shape index (κ3) is 3.91. The highest BCUT2D eigenvalue weighted by molar-refractivity contribution is 7.98. The number of thioether (sulfide) groups is 1. The van der Waals surface area contributed by atoms with Gasteiger partial charge in [-0.3, -0.25) is 4.79 Å². The van der Waals surface area contributed by atoms with Crippen molar-refractivity contribution in [3.8, 4) is 11.3 Å². The van der Waals surface area contributed by atoms with Gasteiger partial charge in [-0.15, -0.1) is 11.8 Å². The fourth-order valence-corrected chi connectivity index (χ4v) is 4.24. The summed E-state index contributed by atoms with van der Waals surface area (Å²) in [7, 11) is 2.05. The number of nitrogens with zero attached hydrogens (tertiary/aromatic N) is 2. The lowest BCUT2D eigenvalue weighted by molar-refractivity contribution is 0.0940. The maximum Gasteiger partial charge on any atom is 0.273 e. The van der Waals surface area contributed by atoms with E-state index in [0.717, 1.165) is 34.9 Å². The van der Waals surface area contributed by atoms with Crippen LogP contribution in [0.4, 0.5) is 0 Å². The number of benzene rings is 2. The minimum absolute atomic E-state index is 0.173. The van der Waals surface area contributed by atoms with E-state index in [2.05, 4.69) is 33.6 Å². The molecule has 0 unspecified atom stereocenters. The van der Waals surface area contributed by atoms with Crippen molar-refractivity contribution in [1.82, 2.24) is 15.4 Å². The molecule has 2 heterocycles. The second kappa shape index (κ2) is 7.98. The summed E-state index contributed by atoms with van der Waals surface area (Å²) < 4.78 is 5.51. The molecule has 4 rings (SSSR count). The summed E-state index contributed by atoms with van der Waals surface area (Å²) in [5.74, 6) is 1.25. The predicted molar refractivity (Wildman–Crippen MR) is 107 cm³/mol. The maximum absolute atomic E-state index is 12.6. The zero-order chi connectivity index (χ0) is 18.6. The number of fused-ring (bicyclic) bond motifs is 3. The number of likely N-dealkylation sites (N-methyl/N-ethyl adjacent to an activating group) is 1. The highest BCUT2D eigenvalue weighted by Crippen LogP contribution is 2.42. The number of nitrogens with one attached hydrogen (secondary N) is 1. The normalized spacial score (nSPS) is 12.5. The van der Waals surface area contributed by atoms with Crippen molar-refractivity contribution in [2.45, 2.75) is 17.2 Å². The van der Waals surface area contributed by atoms with Gasteiger partial charge in [0.1, 0.15) is 0 Å². The van der Waals surface area contributed by atoms with Gasteiger partial charge in [-0.05, 0) is 24.7 Å². The van der Waals surface area contributed by atoms with Crippen LogP contribution in [0.2, 0.25) is 0 Å². The standard InChI is InChI=1S/C21H21N3O2S/c1-24(13-15-7-3-2-4-8-15)12-11-22-21(25)19-17-14-27-18-10-6-5-9-16(18)20(17)26-23-19/h2-10H,11-14H2,1H3,(H,22,25). The highest BCUT2D eigenvalue weighted by atomic mass is 32.2. The molecular weight excluding hydrogens is 358 g/mol. The molecule has 1 aliphatic heterocycles. The quantitative estimate of drug-likeness (QED) is 0.706. The van der Waals surface area contributed by atoms with Crippen LogP contribution < -0.4 is 5.32 Å². The van der Waals surface area contributed by atoms with Crippen LogP contribution in [-0.4, -0.2) is 36.1 Å². The molecule has 0 saturated heterocycles. The monoisotopic (exact) mass is 379 g/mol. The van der Waals surface area contributed by atoms with E-state index in [-0.39, 0.29) is 5.91 Å². The molecule has 0 saturated carbocycles. The second-order valence-corrected chi connectivity index (χ2v) is 7.62. The fourth-order valence-electron chi connectivity index (χ4n) is 3.18. The Bertz CT molecular complexity index is 940. The summed E-state index contributed by atoms with van der Waals surface area (Å²) in [6.07, 6.45) is 0. The molecular formula is C21H21N3O2S. The molecule has 27 heavy (non-hydrogen) atoms. The second-order valence-electron chi connectivity index (χ2n) is 6.60. The summed E-state index contributed by atoms with van der Waals surface area (Å²) in [6, 6.07) is 18.3. The fraction of sp³-hybridized carbons (Fsp3) is 0.238. The van der Waals surface area contributed by atoms with Crippen LogP contribution in [0.5, 0.6) is 0 Å². The molecule has 1 N–H and O–H groups in total. The Morgan fingerprint density at radius 3 is 2.81 bits per heavy atom. The molecule has 0 atom stereocenters. The molecule has 0 spiro atoms. The van der Waals surface area contributed by atoms with Crippen LogP contribution in [0.1, 0.15) is 21.6 Å². The summed E-state index contributed by atoms with van der Waals surface area (Å²) in [6.45, 7) is 2.18. The van der Waals surface area contributed by atoms with Crippen LogP contribution in [0.3, 0.4) is 0 Å². The molecule has 0 bridgehead atoms. The zero-order valence-corrected chi connectivity index (χ0v) is 16.0. The van der Waals surface area contributed by atoms with Gasteiger partial charge in [-0.2, -0.15) is 0 Å². The molecule has 1 amide bonds. The lowest BCUT2D eigenvalue weighted by Gasteiger charge is -2.17. The third-order valence-corrected chi connectivity index (χ3v) is 5.68. The van der Waals surface area contributed by atoms with Crippen LogP contribution in [0, 0.1) is 0 Å². The summed E-state index contributed by atoms with van der Waals surface area (Å²) in [4.78, 5) is 15.9. The summed E-state index contributed by atoms with van der Waals surface area (Å²) in [5.41, 5.74) is 3.55. The molecule has 1 aliphatic rings. The molecule has 6 heteroatoms. The number of amides is 1. The van der Waals surface area contributed by atoms with Crippen LogP contribution in [0.25, 0.3) is 11.3 Å². The van der Waals surface area contributed by atoms with E-state index in [4.69, 9.17) is 4.52 Å². The lowest BCUT2D eigenvalue weighted by atomic mass is 10.1. The number of carbonyl (C=O) groups excluding carboxylic acids is 1. The van der Waals surface area contributed by atoms with E-state index in [9.17, 15) is 4.79 Å². The first-order valence-corrected chi connectivity index (χ1v) is 9.92. The number of aromatic nitrogens is 1. The first-order chi connectivity index (χ1) is 13.2. The van der Waals surface area contributed by atoms with E-state index in [1.54, 1.807) is 11.8 Å². The van der Waals surface area contributed by atoms with Gasteiger partial charge in [0.2, 0.25) is 0 Å². The van der Waals surface area contributed by atoms with Gasteiger partial charge >= 0.3 is 0 Å². The van der Waals surface area contributed by atoms with Crippen molar-refractivity contribution in [2.75, 3.05) is 20.1 Å². The van der Waals surface area contributed by atoms with Gasteiger partial charge in [0, 0.05) is 41.4 Å². The van der Waals surface area contributed by atoms with Gasteiger partial charge in [-0.25, -0.2) is 0 Å². The number of hydrogen-bond donors (Lipinski definition) is 1. The summed E-state index contributed by atoms with van der Waals surface area (Å²) in [5, 5.41) is 7.01. The van der Waals surface area contributed by atoms with Crippen molar-refractivity contribution in [3.63, 3.8) is 0 Å². The van der Waals surface area contributed by atoms with Crippen molar-refractivity contribution < 1.29 is 9.32 Å². The number of carbonyl (C=O) groups is 1. The number of rotatable bonds is 6. The minimum Gasteiger partial charge on any atom is -0.355 e. The van der Waals surface area contributed by atoms with Gasteiger partial charge in [-0.1, -0.05) is 47.6 Å². The largest absolute Gasteiger partial charge is 0.355 e. The van der Waals surface area contributed by atoms with Gasteiger partial charge < -0.3 is 14.7 Å². The van der Waals surface area contributed by atoms with Gasteiger partial charge in [0.05, 0.1) is 0 Å². The van der Waals surface area contributed by atoms with Crippen molar-refractivity contribution >= 4 is 17.7 Å². The Hall–Kier alpha value is -2.57. The van der Waals surface area contributed by atoms with Gasteiger partial charge in [0.25, 0.3) is 5.91 Å². The Morgan fingerprint density at radius 2 is 1.96 bits per heavy atom. The highest BCUT2D eigenvalue weighted by Gasteiger charge is 2.27. The van der Waals surface area contributed by atoms with Gasteiger partial charge in [0.15, 0.2) is 11.5 Å². The Balaban J connectivity index is 1.36. The Labute approximate surface area is 162 Å². The van der Waals surface area contributed by atoms with Crippen molar-refractivity contribution in [1.29, 1.82) is 0 Å². The van der Waals surface area contributed by atoms with E-state index in [0.29, 0.717) is 18.0 Å². The SMILES string of the molecule is CN(CCNC(=O)c1noc2c1CSc1ccccc1-2)Cc1ccccc1. The summed E-state index contributed by atoms with van der Waals surface area (Å²) >= 11 is 1.71. The molecule has 5 nitrogen and oxygen atoms in total. The zero-order valence-electron chi connectivity index (χ0n) is 15.1.